The fourth-order valence-corrected chi connectivity index (χ4v) is 1.24. The summed E-state index contributed by atoms with van der Waals surface area (Å²) in [6.07, 6.45) is 6.65. The summed E-state index contributed by atoms with van der Waals surface area (Å²) in [4.78, 5) is 0. The van der Waals surface area contributed by atoms with Crippen LogP contribution in [0.25, 0.3) is 0 Å². The highest BCUT2D eigenvalue weighted by atomic mass is 16.3. The minimum atomic E-state index is -0.694. The summed E-state index contributed by atoms with van der Waals surface area (Å²) >= 11 is 0. The van der Waals surface area contributed by atoms with E-state index < -0.39 is 5.60 Å². The van der Waals surface area contributed by atoms with Gasteiger partial charge in [-0.15, -0.1) is 6.58 Å². The molecule has 0 saturated carbocycles. The predicted molar refractivity (Wildman–Crippen MR) is 93.5 cm³/mol. The number of aliphatic hydroxyl groups is 3. The predicted octanol–water partition coefficient (Wildman–Crippen LogP) is 4.30. The van der Waals surface area contributed by atoms with E-state index in [9.17, 15) is 0 Å². The van der Waals surface area contributed by atoms with Gasteiger partial charge in [-0.2, -0.15) is 0 Å². The van der Waals surface area contributed by atoms with E-state index in [2.05, 4.69) is 27.4 Å². The highest BCUT2D eigenvalue weighted by Gasteiger charge is 2.02. The van der Waals surface area contributed by atoms with E-state index in [0.29, 0.717) is 0 Å². The summed E-state index contributed by atoms with van der Waals surface area (Å²) < 4.78 is 0. The molecule has 0 rings (SSSR count). The molecule has 0 aromatic carbocycles. The molecule has 0 aromatic heterocycles. The maximum Gasteiger partial charge on any atom is 0.0769 e. The van der Waals surface area contributed by atoms with Crippen molar-refractivity contribution in [2.45, 2.75) is 98.4 Å². The van der Waals surface area contributed by atoms with Crippen molar-refractivity contribution in [2.75, 3.05) is 0 Å². The lowest BCUT2D eigenvalue weighted by Gasteiger charge is -2.07. The summed E-state index contributed by atoms with van der Waals surface area (Å²) in [5.41, 5.74) is -0.694. The van der Waals surface area contributed by atoms with Crippen molar-refractivity contribution < 1.29 is 15.3 Å². The Kier molecular flexibility index (Phi) is 19.5. The highest BCUT2D eigenvalue weighted by molar-refractivity contribution is 4.86. The van der Waals surface area contributed by atoms with Gasteiger partial charge in [0.1, 0.15) is 0 Å². The minimum Gasteiger partial charge on any atom is -0.393 e. The third kappa shape index (κ3) is 45.1. The molecule has 0 bridgehead atoms. The molecule has 0 aliphatic rings. The molecule has 0 saturated heterocycles. The van der Waals surface area contributed by atoms with Crippen molar-refractivity contribution in [1.29, 1.82) is 0 Å². The summed E-state index contributed by atoms with van der Waals surface area (Å²) in [5, 5.41) is 26.1. The second-order valence-corrected chi connectivity index (χ2v) is 6.67. The van der Waals surface area contributed by atoms with Gasteiger partial charge in [0.05, 0.1) is 17.8 Å². The molecule has 3 N–H and O–H groups in total. The van der Waals surface area contributed by atoms with Crippen LogP contribution in [-0.2, 0) is 0 Å². The van der Waals surface area contributed by atoms with E-state index in [1.165, 1.54) is 12.5 Å². The number of rotatable bonds is 7. The lowest BCUT2D eigenvalue weighted by Crippen LogP contribution is -2.12. The first kappa shape index (κ1) is 25.6. The van der Waals surface area contributed by atoms with Gasteiger partial charge in [0.25, 0.3) is 0 Å². The van der Waals surface area contributed by atoms with Gasteiger partial charge in [-0.25, -0.2) is 0 Å². The van der Waals surface area contributed by atoms with Crippen LogP contribution < -0.4 is 0 Å². The zero-order valence-corrected chi connectivity index (χ0v) is 15.4. The van der Waals surface area contributed by atoms with E-state index in [0.717, 1.165) is 31.6 Å². The molecule has 0 aliphatic carbocycles. The Labute approximate surface area is 133 Å². The van der Waals surface area contributed by atoms with Gasteiger partial charge in [0, 0.05) is 0 Å². The first-order valence-electron chi connectivity index (χ1n) is 8.18. The molecule has 2 unspecified atom stereocenters. The third-order valence-electron chi connectivity index (χ3n) is 2.61. The van der Waals surface area contributed by atoms with Crippen LogP contribution in [0.4, 0.5) is 0 Å². The van der Waals surface area contributed by atoms with Gasteiger partial charge in [-0.05, 0) is 46.5 Å². The molecule has 0 spiro atoms. The van der Waals surface area contributed by atoms with E-state index >= 15 is 0 Å². The van der Waals surface area contributed by atoms with E-state index in [1.807, 2.05) is 13.8 Å². The molecule has 0 fully saturated rings. The third-order valence-corrected chi connectivity index (χ3v) is 2.61. The van der Waals surface area contributed by atoms with Crippen LogP contribution in [0, 0.1) is 5.92 Å². The van der Waals surface area contributed by atoms with Crippen molar-refractivity contribution in [3.8, 4) is 0 Å². The molecule has 0 radical (unpaired) electrons. The molecule has 3 nitrogen and oxygen atoms in total. The molecule has 0 aromatic rings. The maximum absolute atomic E-state index is 8.87. The Balaban J connectivity index is -0.000000240. The zero-order valence-electron chi connectivity index (χ0n) is 15.4. The molecular formula is C18H40O3. The molecule has 0 aliphatic heterocycles. The standard InChI is InChI=1S/C8H18O.C5H10O.C5H12O/c1-7(2)5-4-6-8(3)9;1-4-5(2,3)6;1-3-4-5(2)6/h7-9H,4-6H2,1-3H3;4,6H,1H2,2-3H3;5-6H,3-4H2,1-2H3. The van der Waals surface area contributed by atoms with Crippen molar-refractivity contribution in [3.63, 3.8) is 0 Å². The van der Waals surface area contributed by atoms with Gasteiger partial charge in [0.2, 0.25) is 0 Å². The SMILES string of the molecule is C=CC(C)(C)O.CC(C)CCCC(C)O.CCCC(C)O. The second kappa shape index (κ2) is 16.0. The van der Waals surface area contributed by atoms with Gasteiger partial charge in [-0.3, -0.25) is 0 Å². The van der Waals surface area contributed by atoms with Crippen LogP contribution in [0.3, 0.4) is 0 Å². The van der Waals surface area contributed by atoms with Gasteiger partial charge in [-0.1, -0.05) is 46.1 Å². The van der Waals surface area contributed by atoms with Crippen molar-refractivity contribution >= 4 is 0 Å². The Morgan fingerprint density at radius 2 is 1.33 bits per heavy atom. The molecule has 3 heteroatoms. The van der Waals surface area contributed by atoms with E-state index in [-0.39, 0.29) is 12.2 Å². The van der Waals surface area contributed by atoms with Crippen LogP contribution in [0.1, 0.15) is 80.6 Å². The van der Waals surface area contributed by atoms with E-state index in [4.69, 9.17) is 15.3 Å². The second-order valence-electron chi connectivity index (χ2n) is 6.67. The fourth-order valence-electron chi connectivity index (χ4n) is 1.24. The fraction of sp³-hybridized carbons (Fsp3) is 0.889. The van der Waals surface area contributed by atoms with Gasteiger partial charge >= 0.3 is 0 Å². The lowest BCUT2D eigenvalue weighted by molar-refractivity contribution is 0.133. The summed E-state index contributed by atoms with van der Waals surface area (Å²) in [5.74, 6) is 0.781. The Bertz CT molecular complexity index is 195. The smallest absolute Gasteiger partial charge is 0.0769 e. The Morgan fingerprint density at radius 1 is 0.952 bits per heavy atom. The van der Waals surface area contributed by atoms with Crippen molar-refractivity contribution in [2.24, 2.45) is 5.92 Å². The van der Waals surface area contributed by atoms with Crippen LogP contribution in [-0.4, -0.2) is 33.1 Å². The number of hydrogen-bond donors (Lipinski definition) is 3. The average molecular weight is 305 g/mol. The van der Waals surface area contributed by atoms with Crippen LogP contribution in [0.2, 0.25) is 0 Å². The highest BCUT2D eigenvalue weighted by Crippen LogP contribution is 2.07. The van der Waals surface area contributed by atoms with Crippen LogP contribution >= 0.6 is 0 Å². The van der Waals surface area contributed by atoms with Crippen molar-refractivity contribution in [3.05, 3.63) is 12.7 Å². The van der Waals surface area contributed by atoms with Crippen LogP contribution in [0.5, 0.6) is 0 Å². The monoisotopic (exact) mass is 304 g/mol. The molecule has 0 heterocycles. The van der Waals surface area contributed by atoms with Gasteiger partial charge in [0.15, 0.2) is 0 Å². The summed E-state index contributed by atoms with van der Waals surface area (Å²) in [6, 6.07) is 0. The molecular weight excluding hydrogens is 264 g/mol. The number of hydrogen-bond acceptors (Lipinski definition) is 3. The van der Waals surface area contributed by atoms with Crippen molar-refractivity contribution in [1.82, 2.24) is 0 Å². The lowest BCUT2D eigenvalue weighted by atomic mass is 10.1. The zero-order chi connectivity index (χ0) is 17.5. The van der Waals surface area contributed by atoms with Crippen LogP contribution in [0.15, 0.2) is 12.7 Å². The molecule has 0 amide bonds. The maximum atomic E-state index is 8.87. The summed E-state index contributed by atoms with van der Waals surface area (Å²) in [7, 11) is 0. The Hall–Kier alpha value is -0.380. The average Bonchev–Trinajstić information content (AvgIpc) is 2.28. The molecule has 2 atom stereocenters. The summed E-state index contributed by atoms with van der Waals surface area (Å²) in [6.45, 7) is 16.9. The molecule has 21 heavy (non-hydrogen) atoms. The van der Waals surface area contributed by atoms with Gasteiger partial charge < -0.3 is 15.3 Å². The molecule has 130 valence electrons. The minimum absolute atomic E-state index is 0.102. The quantitative estimate of drug-likeness (QED) is 0.614. The first-order valence-corrected chi connectivity index (χ1v) is 8.18. The Morgan fingerprint density at radius 3 is 1.48 bits per heavy atom. The first-order chi connectivity index (χ1) is 9.46. The number of aliphatic hydroxyl groups excluding tert-OH is 2. The normalized spacial score (nSPS) is 13.5. The largest absolute Gasteiger partial charge is 0.393 e. The topological polar surface area (TPSA) is 60.7 Å². The van der Waals surface area contributed by atoms with E-state index in [1.54, 1.807) is 13.8 Å².